The van der Waals surface area contributed by atoms with E-state index in [1.54, 1.807) is 22.0 Å². The van der Waals surface area contributed by atoms with Crippen LogP contribution in [0.3, 0.4) is 0 Å². The number of aliphatic hydroxyl groups excluding tert-OH is 1. The Kier molecular flexibility index (Phi) is 5.65. The molecular weight excluding hydrogens is 220 g/mol. The number of rotatable bonds is 7. The molecule has 0 aliphatic heterocycles. The Bertz CT molecular complexity index is 351. The van der Waals surface area contributed by atoms with Gasteiger partial charge < -0.3 is 20.3 Å². The Morgan fingerprint density at radius 3 is 3.00 bits per heavy atom. The van der Waals surface area contributed by atoms with E-state index >= 15 is 0 Å². The second kappa shape index (κ2) is 7.03. The molecule has 0 unspecified atom stereocenters. The summed E-state index contributed by atoms with van der Waals surface area (Å²) in [5.41, 5.74) is 5.85. The van der Waals surface area contributed by atoms with E-state index in [2.05, 4.69) is 4.98 Å². The van der Waals surface area contributed by atoms with Gasteiger partial charge >= 0.3 is 0 Å². The Morgan fingerprint density at radius 1 is 1.65 bits per heavy atom. The maximum atomic E-state index is 12.0. The monoisotopic (exact) mass is 240 g/mol. The summed E-state index contributed by atoms with van der Waals surface area (Å²) in [6.45, 7) is 4.34. The molecule has 0 aromatic carbocycles. The zero-order valence-corrected chi connectivity index (χ0v) is 10.2. The lowest BCUT2D eigenvalue weighted by molar-refractivity contribution is 0.0749. The zero-order valence-electron chi connectivity index (χ0n) is 10.2. The topological polar surface area (TPSA) is 84.4 Å². The first kappa shape index (κ1) is 13.7. The van der Waals surface area contributed by atoms with Crippen LogP contribution in [0, 0.1) is 0 Å². The number of nitrogens with zero attached hydrogens (tertiary/aromatic N) is 3. The molecule has 1 rings (SSSR count). The number of carbonyl (C=O) groups is 1. The summed E-state index contributed by atoms with van der Waals surface area (Å²) in [4.78, 5) is 17.8. The smallest absolute Gasteiger partial charge is 0.274 e. The van der Waals surface area contributed by atoms with Crippen LogP contribution in [0.25, 0.3) is 0 Å². The normalized spacial score (nSPS) is 10.5. The van der Waals surface area contributed by atoms with Gasteiger partial charge in [0.05, 0.1) is 6.33 Å². The van der Waals surface area contributed by atoms with Crippen LogP contribution in [0.1, 0.15) is 23.8 Å². The molecule has 0 bridgehead atoms. The fourth-order valence-corrected chi connectivity index (χ4v) is 1.57. The highest BCUT2D eigenvalue weighted by molar-refractivity contribution is 5.92. The van der Waals surface area contributed by atoms with Gasteiger partial charge in [-0.05, 0) is 13.3 Å². The summed E-state index contributed by atoms with van der Waals surface area (Å²) in [5, 5.41) is 8.77. The van der Waals surface area contributed by atoms with Gasteiger partial charge in [0, 0.05) is 39.0 Å². The summed E-state index contributed by atoms with van der Waals surface area (Å²) in [6.07, 6.45) is 3.90. The average Bonchev–Trinajstić information content (AvgIpc) is 2.79. The Balaban J connectivity index is 2.65. The minimum Gasteiger partial charge on any atom is -0.396 e. The number of amides is 1. The summed E-state index contributed by atoms with van der Waals surface area (Å²) in [5.74, 6) is -0.100. The Labute approximate surface area is 101 Å². The van der Waals surface area contributed by atoms with Crippen LogP contribution in [0.15, 0.2) is 12.5 Å². The molecule has 6 heteroatoms. The average molecular weight is 240 g/mol. The molecule has 3 N–H and O–H groups in total. The van der Waals surface area contributed by atoms with Gasteiger partial charge in [-0.2, -0.15) is 0 Å². The first-order chi connectivity index (χ1) is 8.22. The Morgan fingerprint density at radius 2 is 2.41 bits per heavy atom. The molecule has 0 aliphatic carbocycles. The third-order valence-corrected chi connectivity index (χ3v) is 2.49. The van der Waals surface area contributed by atoms with Gasteiger partial charge in [0.1, 0.15) is 5.69 Å². The van der Waals surface area contributed by atoms with Crippen molar-refractivity contribution in [2.45, 2.75) is 19.9 Å². The molecule has 0 saturated carbocycles. The Hall–Kier alpha value is -1.40. The predicted octanol–water partition coefficient (Wildman–Crippen LogP) is -0.314. The van der Waals surface area contributed by atoms with Crippen molar-refractivity contribution in [3.63, 3.8) is 0 Å². The molecule has 0 fully saturated rings. The first-order valence-electron chi connectivity index (χ1n) is 5.84. The minimum absolute atomic E-state index is 0.0887. The van der Waals surface area contributed by atoms with Crippen molar-refractivity contribution in [1.82, 2.24) is 14.5 Å². The lowest BCUT2D eigenvalue weighted by Crippen LogP contribution is -2.32. The van der Waals surface area contributed by atoms with E-state index in [9.17, 15) is 4.79 Å². The minimum atomic E-state index is -0.100. The fraction of sp³-hybridized carbons (Fsp3) is 0.636. The summed E-state index contributed by atoms with van der Waals surface area (Å²) < 4.78 is 1.80. The van der Waals surface area contributed by atoms with Crippen LogP contribution >= 0.6 is 0 Å². The maximum absolute atomic E-state index is 12.0. The van der Waals surface area contributed by atoms with Crippen molar-refractivity contribution in [2.75, 3.05) is 26.2 Å². The molecule has 17 heavy (non-hydrogen) atoms. The van der Waals surface area contributed by atoms with Gasteiger partial charge in [-0.1, -0.05) is 0 Å². The highest BCUT2D eigenvalue weighted by Crippen LogP contribution is 2.03. The number of hydrogen-bond donors (Lipinski definition) is 2. The first-order valence-corrected chi connectivity index (χ1v) is 5.84. The third kappa shape index (κ3) is 3.83. The molecule has 6 nitrogen and oxygen atoms in total. The number of aliphatic hydroxyl groups is 1. The highest BCUT2D eigenvalue weighted by atomic mass is 16.3. The molecule has 1 heterocycles. The molecule has 0 saturated heterocycles. The van der Waals surface area contributed by atoms with Crippen molar-refractivity contribution in [3.05, 3.63) is 18.2 Å². The maximum Gasteiger partial charge on any atom is 0.274 e. The molecule has 1 aromatic heterocycles. The van der Waals surface area contributed by atoms with Crippen molar-refractivity contribution in [3.8, 4) is 0 Å². The number of hydrogen-bond acceptors (Lipinski definition) is 4. The summed E-state index contributed by atoms with van der Waals surface area (Å²) >= 11 is 0. The molecule has 96 valence electrons. The number of nitrogens with two attached hydrogens (primary N) is 1. The molecule has 0 spiro atoms. The molecule has 0 radical (unpaired) electrons. The highest BCUT2D eigenvalue weighted by Gasteiger charge is 2.16. The van der Waals surface area contributed by atoms with E-state index in [0.29, 0.717) is 38.3 Å². The molecular formula is C11H20N4O2. The SMILES string of the molecule is CCN(CCCO)C(=O)c1cn(CCN)cn1. The lowest BCUT2D eigenvalue weighted by atomic mass is 10.3. The van der Waals surface area contributed by atoms with Crippen LogP contribution in [-0.2, 0) is 6.54 Å². The summed E-state index contributed by atoms with van der Waals surface area (Å²) in [6, 6.07) is 0. The third-order valence-electron chi connectivity index (χ3n) is 2.49. The lowest BCUT2D eigenvalue weighted by Gasteiger charge is -2.18. The molecule has 1 aromatic rings. The number of imidazole rings is 1. The molecule has 0 aliphatic rings. The van der Waals surface area contributed by atoms with Gasteiger partial charge in [0.15, 0.2) is 0 Å². The van der Waals surface area contributed by atoms with E-state index in [0.717, 1.165) is 0 Å². The number of aromatic nitrogens is 2. The van der Waals surface area contributed by atoms with Crippen LogP contribution in [0.2, 0.25) is 0 Å². The van der Waals surface area contributed by atoms with Crippen LogP contribution < -0.4 is 5.73 Å². The molecule has 1 amide bonds. The predicted molar refractivity (Wildman–Crippen MR) is 64.6 cm³/mol. The molecule has 0 atom stereocenters. The van der Waals surface area contributed by atoms with Gasteiger partial charge in [-0.15, -0.1) is 0 Å². The van der Waals surface area contributed by atoms with Crippen LogP contribution in [0.5, 0.6) is 0 Å². The van der Waals surface area contributed by atoms with Crippen molar-refractivity contribution >= 4 is 5.91 Å². The van der Waals surface area contributed by atoms with Crippen molar-refractivity contribution in [1.29, 1.82) is 0 Å². The van der Waals surface area contributed by atoms with E-state index < -0.39 is 0 Å². The largest absolute Gasteiger partial charge is 0.396 e. The number of carbonyl (C=O) groups excluding carboxylic acids is 1. The van der Waals surface area contributed by atoms with Gasteiger partial charge in [-0.25, -0.2) is 4.98 Å². The van der Waals surface area contributed by atoms with E-state index in [-0.39, 0.29) is 12.5 Å². The zero-order chi connectivity index (χ0) is 12.7. The van der Waals surface area contributed by atoms with Crippen LogP contribution in [0.4, 0.5) is 0 Å². The van der Waals surface area contributed by atoms with Crippen LogP contribution in [-0.4, -0.2) is 51.7 Å². The van der Waals surface area contributed by atoms with Gasteiger partial charge in [0.25, 0.3) is 5.91 Å². The van der Waals surface area contributed by atoms with Crippen molar-refractivity contribution < 1.29 is 9.90 Å². The second-order valence-electron chi connectivity index (χ2n) is 3.75. The second-order valence-corrected chi connectivity index (χ2v) is 3.75. The fourth-order valence-electron chi connectivity index (χ4n) is 1.57. The van der Waals surface area contributed by atoms with E-state index in [4.69, 9.17) is 10.8 Å². The quantitative estimate of drug-likeness (QED) is 0.684. The summed E-state index contributed by atoms with van der Waals surface area (Å²) in [7, 11) is 0. The standard InChI is InChI=1S/C11H20N4O2/c1-2-15(5-3-7-16)11(17)10-8-14(6-4-12)9-13-10/h8-9,16H,2-7,12H2,1H3. The van der Waals surface area contributed by atoms with Crippen molar-refractivity contribution in [2.24, 2.45) is 5.73 Å². The van der Waals surface area contributed by atoms with E-state index in [1.807, 2.05) is 6.92 Å². The van der Waals surface area contributed by atoms with E-state index in [1.165, 1.54) is 0 Å². The van der Waals surface area contributed by atoms with Gasteiger partial charge in [0.2, 0.25) is 0 Å². The van der Waals surface area contributed by atoms with Gasteiger partial charge in [-0.3, -0.25) is 4.79 Å².